The number of hydrogen-bond acceptors (Lipinski definition) is 4. The van der Waals surface area contributed by atoms with Crippen LogP contribution in [0, 0.1) is 0 Å². The molecule has 0 aliphatic carbocycles. The van der Waals surface area contributed by atoms with Crippen molar-refractivity contribution in [2.24, 2.45) is 0 Å². The van der Waals surface area contributed by atoms with Crippen molar-refractivity contribution in [3.63, 3.8) is 0 Å². The fourth-order valence-electron chi connectivity index (χ4n) is 1.86. The van der Waals surface area contributed by atoms with Gasteiger partial charge in [0.05, 0.1) is 12.1 Å². The van der Waals surface area contributed by atoms with E-state index in [-0.39, 0.29) is 12.3 Å². The monoisotopic (exact) mass is 333 g/mol. The number of hydrogen-bond donors (Lipinski definition) is 2. The number of amides is 2. The number of carbonyl (C=O) groups is 2. The molecule has 120 valence electrons. The predicted octanol–water partition coefficient (Wildman–Crippen LogP) is 2.39. The van der Waals surface area contributed by atoms with Gasteiger partial charge in [-0.25, -0.2) is 0 Å². The quantitative estimate of drug-likeness (QED) is 0.795. The Morgan fingerprint density at radius 3 is 2.74 bits per heavy atom. The lowest BCUT2D eigenvalue weighted by molar-refractivity contribution is -0.126. The number of methoxy groups -OCH3 is 1. The van der Waals surface area contributed by atoms with Crippen molar-refractivity contribution in [1.82, 2.24) is 10.3 Å². The number of anilines is 1. The van der Waals surface area contributed by atoms with Crippen LogP contribution in [-0.4, -0.2) is 23.9 Å². The van der Waals surface area contributed by atoms with Crippen molar-refractivity contribution < 1.29 is 14.3 Å². The summed E-state index contributed by atoms with van der Waals surface area (Å²) in [7, 11) is 1.51. The fraction of sp³-hybridized carbons (Fsp3) is 0.188. The molecule has 0 aliphatic heterocycles. The first kappa shape index (κ1) is 16.8. The highest BCUT2D eigenvalue weighted by atomic mass is 35.5. The molecule has 0 radical (unpaired) electrons. The molecule has 23 heavy (non-hydrogen) atoms. The van der Waals surface area contributed by atoms with Crippen LogP contribution in [0.25, 0.3) is 0 Å². The third-order valence-corrected chi connectivity index (χ3v) is 3.26. The SMILES string of the molecule is COc1ccc(NC(=O)CC(=O)NCc2cccnc2)cc1Cl. The number of halogens is 1. The van der Waals surface area contributed by atoms with Gasteiger partial charge in [0.2, 0.25) is 11.8 Å². The Kier molecular flexibility index (Phi) is 5.94. The molecule has 2 rings (SSSR count). The second-order valence-electron chi connectivity index (χ2n) is 4.71. The molecule has 2 N–H and O–H groups in total. The van der Waals surface area contributed by atoms with Crippen molar-refractivity contribution in [1.29, 1.82) is 0 Å². The van der Waals surface area contributed by atoms with Gasteiger partial charge in [-0.05, 0) is 29.8 Å². The van der Waals surface area contributed by atoms with Crippen molar-refractivity contribution in [3.8, 4) is 5.75 Å². The molecule has 0 bridgehead atoms. The van der Waals surface area contributed by atoms with Crippen LogP contribution >= 0.6 is 11.6 Å². The molecule has 0 saturated carbocycles. The van der Waals surface area contributed by atoms with E-state index in [2.05, 4.69) is 15.6 Å². The molecule has 0 atom stereocenters. The van der Waals surface area contributed by atoms with Crippen LogP contribution in [0.2, 0.25) is 5.02 Å². The molecule has 0 unspecified atom stereocenters. The zero-order valence-electron chi connectivity index (χ0n) is 12.5. The Balaban J connectivity index is 1.82. The molecule has 1 aromatic carbocycles. The highest BCUT2D eigenvalue weighted by molar-refractivity contribution is 6.32. The third-order valence-electron chi connectivity index (χ3n) is 2.97. The number of pyridine rings is 1. The Morgan fingerprint density at radius 1 is 1.26 bits per heavy atom. The van der Waals surface area contributed by atoms with Gasteiger partial charge < -0.3 is 15.4 Å². The maximum atomic E-state index is 11.8. The van der Waals surface area contributed by atoms with Gasteiger partial charge in [0.15, 0.2) is 0 Å². The number of benzene rings is 1. The minimum Gasteiger partial charge on any atom is -0.495 e. The summed E-state index contributed by atoms with van der Waals surface area (Å²) in [6.45, 7) is 0.328. The van der Waals surface area contributed by atoms with Gasteiger partial charge >= 0.3 is 0 Å². The number of aromatic nitrogens is 1. The van der Waals surface area contributed by atoms with Gasteiger partial charge in [-0.3, -0.25) is 14.6 Å². The first-order chi connectivity index (χ1) is 11.1. The van der Waals surface area contributed by atoms with E-state index in [1.54, 1.807) is 36.7 Å². The van der Waals surface area contributed by atoms with Crippen LogP contribution in [0.3, 0.4) is 0 Å². The number of carbonyl (C=O) groups excluding carboxylic acids is 2. The molecule has 2 aromatic rings. The van der Waals surface area contributed by atoms with Crippen molar-refractivity contribution in [2.45, 2.75) is 13.0 Å². The first-order valence-electron chi connectivity index (χ1n) is 6.87. The van der Waals surface area contributed by atoms with Crippen LogP contribution in [0.1, 0.15) is 12.0 Å². The molecular formula is C16H16ClN3O3. The van der Waals surface area contributed by atoms with Crippen molar-refractivity contribution >= 4 is 29.1 Å². The molecule has 2 amide bonds. The molecule has 0 aliphatic rings. The Hall–Kier alpha value is -2.60. The van der Waals surface area contributed by atoms with Crippen LogP contribution in [-0.2, 0) is 16.1 Å². The van der Waals surface area contributed by atoms with E-state index in [4.69, 9.17) is 16.3 Å². The molecular weight excluding hydrogens is 318 g/mol. The molecule has 1 aromatic heterocycles. The number of rotatable bonds is 6. The van der Waals surface area contributed by atoms with Crippen molar-refractivity contribution in [2.75, 3.05) is 12.4 Å². The fourth-order valence-corrected chi connectivity index (χ4v) is 2.12. The van der Waals surface area contributed by atoms with Gasteiger partial charge in [-0.2, -0.15) is 0 Å². The minimum atomic E-state index is -0.421. The van der Waals surface area contributed by atoms with Gasteiger partial charge in [0, 0.05) is 24.6 Å². The highest BCUT2D eigenvalue weighted by Crippen LogP contribution is 2.27. The van der Waals surface area contributed by atoms with Gasteiger partial charge in [-0.1, -0.05) is 17.7 Å². The van der Waals surface area contributed by atoms with Crippen LogP contribution in [0.4, 0.5) is 5.69 Å². The van der Waals surface area contributed by atoms with Gasteiger partial charge in [0.1, 0.15) is 12.2 Å². The summed E-state index contributed by atoms with van der Waals surface area (Å²) >= 11 is 5.97. The molecule has 0 saturated heterocycles. The van der Waals surface area contributed by atoms with Gasteiger partial charge in [0.25, 0.3) is 0 Å². The number of nitrogens with zero attached hydrogens (tertiary/aromatic N) is 1. The van der Waals surface area contributed by atoms with E-state index < -0.39 is 5.91 Å². The average molecular weight is 334 g/mol. The normalized spacial score (nSPS) is 10.0. The molecule has 7 heteroatoms. The van der Waals surface area contributed by atoms with Gasteiger partial charge in [-0.15, -0.1) is 0 Å². The van der Waals surface area contributed by atoms with Crippen LogP contribution in [0.5, 0.6) is 5.75 Å². The highest BCUT2D eigenvalue weighted by Gasteiger charge is 2.10. The lowest BCUT2D eigenvalue weighted by Crippen LogP contribution is -2.27. The summed E-state index contributed by atoms with van der Waals surface area (Å²) in [6, 6.07) is 8.47. The van der Waals surface area contributed by atoms with E-state index in [0.29, 0.717) is 23.0 Å². The van der Waals surface area contributed by atoms with Crippen LogP contribution in [0.15, 0.2) is 42.7 Å². The van der Waals surface area contributed by atoms with E-state index >= 15 is 0 Å². The zero-order valence-corrected chi connectivity index (χ0v) is 13.3. The molecule has 0 spiro atoms. The summed E-state index contributed by atoms with van der Waals surface area (Å²) in [5, 5.41) is 5.65. The van der Waals surface area contributed by atoms with E-state index in [9.17, 15) is 9.59 Å². The van der Waals surface area contributed by atoms with E-state index in [1.165, 1.54) is 7.11 Å². The number of nitrogens with one attached hydrogen (secondary N) is 2. The standard InChI is InChI=1S/C16H16ClN3O3/c1-23-14-5-4-12(7-13(14)17)20-16(22)8-15(21)19-10-11-3-2-6-18-9-11/h2-7,9H,8,10H2,1H3,(H,19,21)(H,20,22). The summed E-state index contributed by atoms with van der Waals surface area (Å²) in [4.78, 5) is 27.5. The summed E-state index contributed by atoms with van der Waals surface area (Å²) in [6.07, 6.45) is 3.03. The topological polar surface area (TPSA) is 80.3 Å². The second kappa shape index (κ2) is 8.14. The molecule has 0 fully saturated rings. The lowest BCUT2D eigenvalue weighted by Gasteiger charge is -2.08. The minimum absolute atomic E-state index is 0.274. The smallest absolute Gasteiger partial charge is 0.233 e. The Morgan fingerprint density at radius 2 is 2.09 bits per heavy atom. The predicted molar refractivity (Wildman–Crippen MR) is 87.3 cm³/mol. The molecule has 1 heterocycles. The van der Waals surface area contributed by atoms with E-state index in [0.717, 1.165) is 5.56 Å². The lowest BCUT2D eigenvalue weighted by atomic mass is 10.2. The second-order valence-corrected chi connectivity index (χ2v) is 5.12. The maximum absolute atomic E-state index is 11.8. The molecule has 6 nitrogen and oxygen atoms in total. The van der Waals surface area contributed by atoms with E-state index in [1.807, 2.05) is 6.07 Å². The average Bonchev–Trinajstić information content (AvgIpc) is 2.54. The first-order valence-corrected chi connectivity index (χ1v) is 7.25. The summed E-state index contributed by atoms with van der Waals surface area (Å²) in [5.41, 5.74) is 1.36. The Labute approximate surface area is 138 Å². The van der Waals surface area contributed by atoms with Crippen molar-refractivity contribution in [3.05, 3.63) is 53.3 Å². The Bertz CT molecular complexity index is 692. The zero-order chi connectivity index (χ0) is 16.7. The number of ether oxygens (including phenoxy) is 1. The summed E-state index contributed by atoms with van der Waals surface area (Å²) in [5.74, 6) is -0.278. The maximum Gasteiger partial charge on any atom is 0.233 e. The largest absolute Gasteiger partial charge is 0.495 e. The third kappa shape index (κ3) is 5.27. The summed E-state index contributed by atoms with van der Waals surface area (Å²) < 4.78 is 5.03. The van der Waals surface area contributed by atoms with Crippen LogP contribution < -0.4 is 15.4 Å².